The summed E-state index contributed by atoms with van der Waals surface area (Å²) in [5.74, 6) is 0.510. The average Bonchev–Trinajstić information content (AvgIpc) is 2.17. The highest BCUT2D eigenvalue weighted by Gasteiger charge is 2.20. The van der Waals surface area contributed by atoms with Crippen LogP contribution in [0, 0.1) is 4.91 Å². The maximum absolute atomic E-state index is 10.5. The Hall–Kier alpha value is 1.02. The van der Waals surface area contributed by atoms with Gasteiger partial charge in [0.25, 0.3) is 0 Å². The Morgan fingerprint density at radius 3 is 1.64 bits per heavy atom. The summed E-state index contributed by atoms with van der Waals surface area (Å²) in [7, 11) is 0. The van der Waals surface area contributed by atoms with E-state index in [1.165, 1.54) is 0 Å². The van der Waals surface area contributed by atoms with Gasteiger partial charge in [0, 0.05) is 0 Å². The van der Waals surface area contributed by atoms with E-state index in [2.05, 4.69) is 85.2 Å². The molecule has 0 radical (unpaired) electrons. The van der Waals surface area contributed by atoms with Crippen LogP contribution in [0.25, 0.3) is 0 Å². The first-order chi connectivity index (χ1) is 6.54. The fourth-order valence-electron chi connectivity index (χ4n) is 0.748. The first-order valence-corrected chi connectivity index (χ1v) is 6.84. The molecule has 0 fully saturated rings. The lowest BCUT2D eigenvalue weighted by atomic mass is 10.3. The molecule has 0 atom stereocenters. The van der Waals surface area contributed by atoms with Gasteiger partial charge in [0.2, 0.25) is 0 Å². The van der Waals surface area contributed by atoms with E-state index in [0.29, 0.717) is 23.6 Å². The molecule has 14 heavy (non-hydrogen) atoms. The van der Waals surface area contributed by atoms with E-state index >= 15 is 0 Å². The van der Waals surface area contributed by atoms with Crippen molar-refractivity contribution in [1.29, 1.82) is 0 Å². The van der Waals surface area contributed by atoms with Crippen LogP contribution in [-0.2, 0) is 0 Å². The van der Waals surface area contributed by atoms with Gasteiger partial charge in [0.1, 0.15) is 5.69 Å². The quantitative estimate of drug-likeness (QED) is 0.366. The summed E-state index contributed by atoms with van der Waals surface area (Å²) in [5, 5.41) is 2.89. The average molecular weight is 518 g/mol. The van der Waals surface area contributed by atoms with Crippen molar-refractivity contribution in [3.8, 4) is 5.75 Å². The summed E-state index contributed by atoms with van der Waals surface area (Å²) in [6.45, 7) is 0. The van der Waals surface area contributed by atoms with E-state index in [9.17, 15) is 4.91 Å². The molecule has 1 aromatic rings. The second kappa shape index (κ2) is 5.38. The van der Waals surface area contributed by atoms with Gasteiger partial charge in [0.15, 0.2) is 22.0 Å². The van der Waals surface area contributed by atoms with E-state index in [4.69, 9.17) is 3.83 Å². The molecule has 0 aliphatic carbocycles. The Bertz CT molecular complexity index is 365. The van der Waals surface area contributed by atoms with E-state index in [0.717, 1.165) is 0 Å². The van der Waals surface area contributed by atoms with Gasteiger partial charge in [-0.15, -0.1) is 4.91 Å². The van der Waals surface area contributed by atoms with E-state index < -0.39 is 0 Å². The minimum atomic E-state index is 0.261. The van der Waals surface area contributed by atoms with Crippen LogP contribution in [0.5, 0.6) is 5.75 Å². The molecule has 0 aliphatic rings. The summed E-state index contributed by atoms with van der Waals surface area (Å²) in [4.78, 5) is 10.5. The molecule has 8 heteroatoms. The molecular weight excluding hydrogens is 518 g/mol. The highest BCUT2D eigenvalue weighted by molar-refractivity contribution is 9.14. The lowest BCUT2D eigenvalue weighted by molar-refractivity contribution is 0.667. The highest BCUT2D eigenvalue weighted by atomic mass is 79.9. The van der Waals surface area contributed by atoms with Crippen LogP contribution in [0.1, 0.15) is 0 Å². The molecular formula is C6Br5NO2. The maximum Gasteiger partial charge on any atom is 0.179 e. The Labute approximate surface area is 122 Å². The molecule has 0 aromatic heterocycles. The van der Waals surface area contributed by atoms with Crippen molar-refractivity contribution in [3.63, 3.8) is 0 Å². The predicted molar refractivity (Wildman–Crippen MR) is 72.3 cm³/mol. The molecule has 1 aromatic carbocycles. The smallest absolute Gasteiger partial charge is 0.179 e. The van der Waals surface area contributed by atoms with Crippen LogP contribution in [-0.4, -0.2) is 0 Å². The lowest BCUT2D eigenvalue weighted by Gasteiger charge is -2.09. The molecule has 76 valence electrons. The number of halogens is 5. The van der Waals surface area contributed by atoms with Gasteiger partial charge >= 0.3 is 0 Å². The molecule has 0 bridgehead atoms. The topological polar surface area (TPSA) is 38.7 Å². The zero-order valence-electron chi connectivity index (χ0n) is 6.15. The molecule has 0 spiro atoms. The number of hydrogen-bond acceptors (Lipinski definition) is 3. The molecule has 3 nitrogen and oxygen atoms in total. The van der Waals surface area contributed by atoms with Gasteiger partial charge in [-0.3, -0.25) is 0 Å². The van der Waals surface area contributed by atoms with Gasteiger partial charge in [-0.05, 0) is 68.9 Å². The fourth-order valence-corrected chi connectivity index (χ4v) is 3.87. The van der Waals surface area contributed by atoms with Crippen LogP contribution in [0.15, 0.2) is 23.1 Å². The van der Waals surface area contributed by atoms with Gasteiger partial charge in [-0.1, -0.05) is 0 Å². The van der Waals surface area contributed by atoms with E-state index in [-0.39, 0.29) is 5.69 Å². The molecule has 0 amide bonds. The number of nitrogens with zero attached hydrogens (tertiary/aromatic N) is 1. The molecule has 0 N–H and O–H groups in total. The van der Waals surface area contributed by atoms with Crippen molar-refractivity contribution < 1.29 is 3.83 Å². The van der Waals surface area contributed by atoms with Crippen LogP contribution in [0.2, 0.25) is 0 Å². The summed E-state index contributed by atoms with van der Waals surface area (Å²) in [5.41, 5.74) is 0.261. The predicted octanol–water partition coefficient (Wildman–Crippen LogP) is 5.82. The van der Waals surface area contributed by atoms with Crippen LogP contribution >= 0.6 is 80.0 Å². The number of rotatable bonds is 2. The first kappa shape index (κ1) is 13.1. The van der Waals surface area contributed by atoms with Crippen LogP contribution < -0.4 is 3.83 Å². The van der Waals surface area contributed by atoms with Crippen LogP contribution in [0.4, 0.5) is 5.69 Å². The Morgan fingerprint density at radius 2 is 1.36 bits per heavy atom. The van der Waals surface area contributed by atoms with Crippen LogP contribution in [0.3, 0.4) is 0 Å². The summed E-state index contributed by atoms with van der Waals surface area (Å²) in [6, 6.07) is 0. The number of hydrogen-bond donors (Lipinski definition) is 0. The zero-order valence-corrected chi connectivity index (χ0v) is 14.1. The Kier molecular flexibility index (Phi) is 5.03. The summed E-state index contributed by atoms with van der Waals surface area (Å²) in [6.07, 6.45) is 0. The summed E-state index contributed by atoms with van der Waals surface area (Å²) >= 11 is 15.8. The Morgan fingerprint density at radius 1 is 0.929 bits per heavy atom. The third-order valence-corrected chi connectivity index (χ3v) is 5.81. The number of nitroso groups, excluding NO2 is 1. The first-order valence-electron chi connectivity index (χ1n) is 3.02. The Balaban J connectivity index is 3.63. The lowest BCUT2D eigenvalue weighted by Crippen LogP contribution is -1.84. The zero-order chi connectivity index (χ0) is 10.9. The molecule has 1 rings (SSSR count). The molecule has 0 saturated carbocycles. The van der Waals surface area contributed by atoms with Gasteiger partial charge in [-0.2, -0.15) is 0 Å². The van der Waals surface area contributed by atoms with Crippen molar-refractivity contribution in [2.24, 2.45) is 5.18 Å². The SMILES string of the molecule is O=Nc1c(Br)c(Br)c(OBr)c(Br)c1Br. The van der Waals surface area contributed by atoms with E-state index in [1.54, 1.807) is 0 Å². The van der Waals surface area contributed by atoms with Crippen molar-refractivity contribution in [2.75, 3.05) is 0 Å². The van der Waals surface area contributed by atoms with Gasteiger partial charge in [0.05, 0.1) is 17.9 Å². The minimum Gasteiger partial charge on any atom is -0.416 e. The normalized spacial score (nSPS) is 10.1. The molecule has 0 aliphatic heterocycles. The fraction of sp³-hybridized carbons (Fsp3) is 0. The third-order valence-electron chi connectivity index (χ3n) is 1.37. The van der Waals surface area contributed by atoms with Crippen molar-refractivity contribution >= 4 is 85.7 Å². The van der Waals surface area contributed by atoms with Gasteiger partial charge < -0.3 is 3.83 Å². The second-order valence-electron chi connectivity index (χ2n) is 2.10. The molecule has 0 unspecified atom stereocenters. The maximum atomic E-state index is 10.5. The monoisotopic (exact) mass is 513 g/mol. The van der Waals surface area contributed by atoms with Crippen molar-refractivity contribution in [3.05, 3.63) is 22.8 Å². The van der Waals surface area contributed by atoms with E-state index in [1.807, 2.05) is 0 Å². The van der Waals surface area contributed by atoms with Gasteiger partial charge in [-0.25, -0.2) is 0 Å². The number of benzene rings is 1. The third kappa shape index (κ3) is 2.23. The molecule has 0 heterocycles. The molecule has 0 saturated heterocycles. The van der Waals surface area contributed by atoms with Crippen molar-refractivity contribution in [2.45, 2.75) is 0 Å². The highest BCUT2D eigenvalue weighted by Crippen LogP contribution is 2.50. The summed E-state index contributed by atoms with van der Waals surface area (Å²) < 4.78 is 7.19. The second-order valence-corrected chi connectivity index (χ2v) is 5.60. The minimum absolute atomic E-state index is 0.261. The standard InChI is InChI=1S/C6Br5NO2/c7-1-3(9)6(14-11)4(10)2(8)5(1)12-13. The largest absolute Gasteiger partial charge is 0.416 e. The van der Waals surface area contributed by atoms with Crippen molar-refractivity contribution in [1.82, 2.24) is 0 Å².